The molecular weight excluding hydrogens is 450 g/mol. The average molecular weight is 480 g/mol. The number of piperidine rings is 1. The van der Waals surface area contributed by atoms with Gasteiger partial charge in [0.2, 0.25) is 0 Å². The molecule has 2 aromatic carbocycles. The summed E-state index contributed by atoms with van der Waals surface area (Å²) in [6, 6.07) is 11.8. The Bertz CT molecular complexity index is 1480. The molecule has 178 valence electrons. The summed E-state index contributed by atoms with van der Waals surface area (Å²) in [5.41, 5.74) is 2.99. The molecule has 5 rings (SSSR count). The normalized spacial score (nSPS) is 19.5. The lowest BCUT2D eigenvalue weighted by atomic mass is 9.83. The van der Waals surface area contributed by atoms with Gasteiger partial charge in [0.15, 0.2) is 11.3 Å². The van der Waals surface area contributed by atoms with Crippen LogP contribution in [0.4, 0.5) is 5.88 Å². The van der Waals surface area contributed by atoms with Gasteiger partial charge >= 0.3 is 0 Å². The minimum Gasteiger partial charge on any atom is -0.440 e. The molecule has 2 aliphatic heterocycles. The standard InChI is InChI=1S/C26H29N3O4S/c1-16-13-19(17(2)27-25-18-7-5-6-8-22(18)34(31,32)28-25)24-20(14-16)21(30)15-23(33-24)29-11-9-26(3,4)10-12-29/h5-8,13-15,17H,9-12H2,1-4H3,(H,27,28)/t17-/m1/s1. The van der Waals surface area contributed by atoms with Gasteiger partial charge in [0.1, 0.15) is 16.3 Å². The number of nitrogens with zero attached hydrogens (tertiary/aromatic N) is 2. The molecule has 3 heterocycles. The summed E-state index contributed by atoms with van der Waals surface area (Å²) in [6.07, 6.45) is 2.06. The first-order chi connectivity index (χ1) is 16.0. The number of amidine groups is 1. The van der Waals surface area contributed by atoms with E-state index in [0.29, 0.717) is 28.3 Å². The second kappa shape index (κ2) is 7.98. The third kappa shape index (κ3) is 4.00. The Balaban J connectivity index is 1.54. The SMILES string of the molecule is Cc1cc([C@@H](C)NC2=NS(=O)(=O)c3ccccc32)c2oc(N3CCC(C)(C)CC3)cc(=O)c2c1. The molecule has 7 nitrogen and oxygen atoms in total. The Labute approximate surface area is 199 Å². The van der Waals surface area contributed by atoms with Gasteiger partial charge in [0, 0.05) is 30.3 Å². The maximum absolute atomic E-state index is 13.1. The van der Waals surface area contributed by atoms with Crippen LogP contribution in [0.25, 0.3) is 11.0 Å². The fourth-order valence-corrected chi connectivity index (χ4v) is 5.91. The van der Waals surface area contributed by atoms with Crippen molar-refractivity contribution in [1.82, 2.24) is 5.32 Å². The number of hydrogen-bond acceptors (Lipinski definition) is 6. The molecule has 3 aromatic rings. The van der Waals surface area contributed by atoms with Crippen molar-refractivity contribution in [1.29, 1.82) is 0 Å². The molecule has 1 N–H and O–H groups in total. The second-order valence-electron chi connectivity index (χ2n) is 10.1. The van der Waals surface area contributed by atoms with Crippen molar-refractivity contribution in [2.75, 3.05) is 18.0 Å². The Morgan fingerprint density at radius 1 is 1.12 bits per heavy atom. The molecule has 0 bridgehead atoms. The fourth-order valence-electron chi connectivity index (χ4n) is 4.72. The maximum Gasteiger partial charge on any atom is 0.285 e. The number of aryl methyl sites for hydroxylation is 1. The van der Waals surface area contributed by atoms with Gasteiger partial charge in [-0.05, 0) is 55.9 Å². The minimum atomic E-state index is -3.73. The van der Waals surface area contributed by atoms with E-state index in [1.54, 1.807) is 30.3 Å². The molecule has 0 aliphatic carbocycles. The first kappa shape index (κ1) is 22.7. The Morgan fingerprint density at radius 2 is 1.82 bits per heavy atom. The first-order valence-corrected chi connectivity index (χ1v) is 13.0. The second-order valence-corrected chi connectivity index (χ2v) is 11.7. The highest BCUT2D eigenvalue weighted by molar-refractivity contribution is 7.90. The molecule has 1 fully saturated rings. The molecule has 0 unspecified atom stereocenters. The zero-order valence-corrected chi connectivity index (χ0v) is 20.7. The summed E-state index contributed by atoms with van der Waals surface area (Å²) in [5, 5.41) is 3.77. The quantitative estimate of drug-likeness (QED) is 0.594. The van der Waals surface area contributed by atoms with E-state index in [0.717, 1.165) is 37.1 Å². The highest BCUT2D eigenvalue weighted by atomic mass is 32.2. The minimum absolute atomic E-state index is 0.0793. The molecule has 0 spiro atoms. The molecule has 8 heteroatoms. The predicted molar refractivity (Wildman–Crippen MR) is 134 cm³/mol. The summed E-state index contributed by atoms with van der Waals surface area (Å²) < 4.78 is 35.2. The molecule has 1 aromatic heterocycles. The Morgan fingerprint density at radius 3 is 2.56 bits per heavy atom. The van der Waals surface area contributed by atoms with Gasteiger partial charge in [0.05, 0.1) is 11.4 Å². The molecule has 0 radical (unpaired) electrons. The van der Waals surface area contributed by atoms with Gasteiger partial charge in [-0.2, -0.15) is 8.42 Å². The molecule has 1 atom stereocenters. The number of rotatable bonds is 3. The van der Waals surface area contributed by atoms with Crippen LogP contribution in [0, 0.1) is 12.3 Å². The number of sulfonamides is 1. The molecular formula is C26H29N3O4S. The molecule has 34 heavy (non-hydrogen) atoms. The summed E-state index contributed by atoms with van der Waals surface area (Å²) in [6.45, 7) is 10.0. The maximum atomic E-state index is 13.1. The van der Waals surface area contributed by atoms with Gasteiger partial charge in [-0.15, -0.1) is 4.40 Å². The zero-order valence-electron chi connectivity index (χ0n) is 19.9. The van der Waals surface area contributed by atoms with Crippen molar-refractivity contribution >= 4 is 32.7 Å². The number of benzene rings is 2. The van der Waals surface area contributed by atoms with Crippen molar-refractivity contribution < 1.29 is 12.8 Å². The summed E-state index contributed by atoms with van der Waals surface area (Å²) in [4.78, 5) is 15.4. The van der Waals surface area contributed by atoms with Crippen molar-refractivity contribution in [3.05, 3.63) is 69.4 Å². The predicted octanol–water partition coefficient (Wildman–Crippen LogP) is 4.53. The number of fused-ring (bicyclic) bond motifs is 2. The van der Waals surface area contributed by atoms with E-state index in [2.05, 4.69) is 28.5 Å². The van der Waals surface area contributed by atoms with Crippen LogP contribution in [-0.4, -0.2) is 27.3 Å². The summed E-state index contributed by atoms with van der Waals surface area (Å²) in [5.74, 6) is 0.881. The highest BCUT2D eigenvalue weighted by Crippen LogP contribution is 2.34. The van der Waals surface area contributed by atoms with Crippen molar-refractivity contribution in [3.8, 4) is 0 Å². The van der Waals surface area contributed by atoms with E-state index < -0.39 is 10.0 Å². The van der Waals surface area contributed by atoms with Crippen LogP contribution in [0.5, 0.6) is 0 Å². The molecule has 1 saturated heterocycles. The lowest BCUT2D eigenvalue weighted by Crippen LogP contribution is -2.37. The van der Waals surface area contributed by atoms with Crippen LogP contribution >= 0.6 is 0 Å². The van der Waals surface area contributed by atoms with Crippen molar-refractivity contribution in [2.45, 2.75) is 51.5 Å². The van der Waals surface area contributed by atoms with Crippen molar-refractivity contribution in [2.24, 2.45) is 9.81 Å². The number of hydrogen-bond donors (Lipinski definition) is 1. The number of nitrogens with one attached hydrogen (secondary N) is 1. The van der Waals surface area contributed by atoms with Gasteiger partial charge in [-0.3, -0.25) is 4.79 Å². The lowest BCUT2D eigenvalue weighted by molar-refractivity contribution is 0.274. The summed E-state index contributed by atoms with van der Waals surface area (Å²) in [7, 11) is -3.73. The third-order valence-corrected chi connectivity index (χ3v) is 8.20. The van der Waals surface area contributed by atoms with Crippen LogP contribution < -0.4 is 15.6 Å². The number of anilines is 1. The zero-order chi connectivity index (χ0) is 24.3. The first-order valence-electron chi connectivity index (χ1n) is 11.6. The summed E-state index contributed by atoms with van der Waals surface area (Å²) >= 11 is 0. The van der Waals surface area contributed by atoms with E-state index in [9.17, 15) is 13.2 Å². The molecule has 0 saturated carbocycles. The van der Waals surface area contributed by atoms with Crippen LogP contribution in [-0.2, 0) is 10.0 Å². The monoisotopic (exact) mass is 479 g/mol. The van der Waals surface area contributed by atoms with E-state index >= 15 is 0 Å². The van der Waals surface area contributed by atoms with Gasteiger partial charge in [0.25, 0.3) is 10.0 Å². The third-order valence-electron chi connectivity index (χ3n) is 6.87. The molecule has 0 amide bonds. The largest absolute Gasteiger partial charge is 0.440 e. The van der Waals surface area contributed by atoms with E-state index in [-0.39, 0.29) is 21.8 Å². The van der Waals surface area contributed by atoms with Gasteiger partial charge in [-0.1, -0.05) is 32.0 Å². The van der Waals surface area contributed by atoms with Crippen LogP contribution in [0.3, 0.4) is 0 Å². The van der Waals surface area contributed by atoms with E-state index in [1.165, 1.54) is 0 Å². The lowest BCUT2D eigenvalue weighted by Gasteiger charge is -2.37. The highest BCUT2D eigenvalue weighted by Gasteiger charge is 2.30. The van der Waals surface area contributed by atoms with Crippen LogP contribution in [0.15, 0.2) is 61.0 Å². The Kier molecular flexibility index (Phi) is 5.31. The fraction of sp³-hybridized carbons (Fsp3) is 0.385. The topological polar surface area (TPSA) is 92.0 Å². The van der Waals surface area contributed by atoms with Crippen LogP contribution in [0.1, 0.15) is 56.3 Å². The van der Waals surface area contributed by atoms with Crippen LogP contribution in [0.2, 0.25) is 0 Å². The van der Waals surface area contributed by atoms with E-state index in [1.807, 2.05) is 26.0 Å². The molecule has 2 aliphatic rings. The average Bonchev–Trinajstić information content (AvgIpc) is 3.03. The van der Waals surface area contributed by atoms with E-state index in [4.69, 9.17) is 4.42 Å². The van der Waals surface area contributed by atoms with Gasteiger partial charge in [-0.25, -0.2) is 0 Å². The van der Waals surface area contributed by atoms with Crippen molar-refractivity contribution in [3.63, 3.8) is 0 Å². The van der Waals surface area contributed by atoms with Gasteiger partial charge < -0.3 is 14.6 Å². The Hall–Kier alpha value is -3.13. The smallest absolute Gasteiger partial charge is 0.285 e.